The van der Waals surface area contributed by atoms with Crippen LogP contribution < -0.4 is 15.4 Å². The largest absolute Gasteiger partial charge is 0.497 e. The first kappa shape index (κ1) is 23.9. The van der Waals surface area contributed by atoms with Crippen LogP contribution >= 0.6 is 35.0 Å². The third-order valence-corrected chi connectivity index (χ3v) is 6.15. The Bertz CT molecular complexity index is 1110. The number of benzene rings is 2. The summed E-state index contributed by atoms with van der Waals surface area (Å²) >= 11 is 13.3. The summed E-state index contributed by atoms with van der Waals surface area (Å²) < 4.78 is 6.90. The Morgan fingerprint density at radius 1 is 1.06 bits per heavy atom. The molecule has 0 atom stereocenters. The van der Waals surface area contributed by atoms with E-state index in [2.05, 4.69) is 20.8 Å². The van der Waals surface area contributed by atoms with E-state index in [1.54, 1.807) is 54.1 Å². The molecule has 168 valence electrons. The first-order chi connectivity index (χ1) is 15.4. The van der Waals surface area contributed by atoms with E-state index in [1.165, 1.54) is 11.8 Å². The van der Waals surface area contributed by atoms with Gasteiger partial charge in [0, 0.05) is 12.2 Å². The van der Waals surface area contributed by atoms with Gasteiger partial charge in [0.25, 0.3) is 0 Å². The summed E-state index contributed by atoms with van der Waals surface area (Å²) in [4.78, 5) is 24.7. The van der Waals surface area contributed by atoms with Gasteiger partial charge in [-0.15, -0.1) is 10.2 Å². The fourth-order valence-electron chi connectivity index (χ4n) is 2.81. The van der Waals surface area contributed by atoms with Crippen LogP contribution in [0, 0.1) is 0 Å². The molecule has 32 heavy (non-hydrogen) atoms. The molecule has 0 aliphatic rings. The van der Waals surface area contributed by atoms with Crippen molar-refractivity contribution in [1.29, 1.82) is 0 Å². The molecule has 3 aromatic rings. The van der Waals surface area contributed by atoms with Crippen molar-refractivity contribution >= 4 is 58.2 Å². The van der Waals surface area contributed by atoms with Gasteiger partial charge in [-0.2, -0.15) is 0 Å². The molecule has 11 heteroatoms. The number of methoxy groups -OCH3 is 1. The lowest BCUT2D eigenvalue weighted by atomic mass is 10.3. The van der Waals surface area contributed by atoms with Crippen molar-refractivity contribution in [1.82, 2.24) is 14.8 Å². The SMILES string of the molecule is CCn1c(CC(=O)Nc2cccc(Cl)c2Cl)nnc1SCC(=O)Nc1ccc(OC)cc1. The summed E-state index contributed by atoms with van der Waals surface area (Å²) in [5.41, 5.74) is 1.10. The van der Waals surface area contributed by atoms with Crippen molar-refractivity contribution in [3.8, 4) is 5.75 Å². The molecule has 0 radical (unpaired) electrons. The Hall–Kier alpha value is -2.75. The standard InChI is InChI=1S/C21H21Cl2N5O3S/c1-3-28-17(11-18(29)25-16-6-4-5-15(22)20(16)23)26-27-21(28)32-12-19(30)24-13-7-9-14(31-2)10-8-13/h4-10H,3,11-12H2,1-2H3,(H,24,30)(H,25,29). The Morgan fingerprint density at radius 3 is 2.50 bits per heavy atom. The minimum atomic E-state index is -0.301. The van der Waals surface area contributed by atoms with Crippen LogP contribution in [0.1, 0.15) is 12.7 Å². The lowest BCUT2D eigenvalue weighted by Crippen LogP contribution is -2.18. The van der Waals surface area contributed by atoms with Crippen LogP contribution in [-0.2, 0) is 22.6 Å². The molecule has 0 unspecified atom stereocenters. The van der Waals surface area contributed by atoms with Crippen molar-refractivity contribution in [2.75, 3.05) is 23.5 Å². The first-order valence-corrected chi connectivity index (χ1v) is 11.4. The van der Waals surface area contributed by atoms with E-state index in [0.29, 0.717) is 39.7 Å². The minimum Gasteiger partial charge on any atom is -0.497 e. The number of aromatic nitrogens is 3. The number of amides is 2. The van der Waals surface area contributed by atoms with Crippen LogP contribution in [0.25, 0.3) is 0 Å². The topological polar surface area (TPSA) is 98.1 Å². The maximum atomic E-state index is 12.5. The fourth-order valence-corrected chi connectivity index (χ4v) is 3.98. The second kappa shape index (κ2) is 11.2. The summed E-state index contributed by atoms with van der Waals surface area (Å²) in [5.74, 6) is 0.865. The van der Waals surface area contributed by atoms with Crippen LogP contribution in [-0.4, -0.2) is 39.4 Å². The number of thioether (sulfide) groups is 1. The molecule has 0 aliphatic heterocycles. The molecule has 2 N–H and O–H groups in total. The van der Waals surface area contributed by atoms with Gasteiger partial charge >= 0.3 is 0 Å². The van der Waals surface area contributed by atoms with Crippen LogP contribution in [0.4, 0.5) is 11.4 Å². The zero-order valence-corrected chi connectivity index (χ0v) is 19.7. The number of carbonyl (C=O) groups excluding carboxylic acids is 2. The normalized spacial score (nSPS) is 10.6. The average molecular weight is 494 g/mol. The van der Waals surface area contributed by atoms with Crippen molar-refractivity contribution < 1.29 is 14.3 Å². The molecule has 3 rings (SSSR count). The summed E-state index contributed by atoms with van der Waals surface area (Å²) in [6, 6.07) is 12.1. The van der Waals surface area contributed by atoms with Crippen LogP contribution in [0.3, 0.4) is 0 Å². The third kappa shape index (κ3) is 6.15. The predicted molar refractivity (Wildman–Crippen MR) is 127 cm³/mol. The quantitative estimate of drug-likeness (QED) is 0.425. The minimum absolute atomic E-state index is 0.00227. The highest BCUT2D eigenvalue weighted by Crippen LogP contribution is 2.29. The average Bonchev–Trinajstić information content (AvgIpc) is 3.17. The van der Waals surface area contributed by atoms with Crippen LogP contribution in [0.2, 0.25) is 10.0 Å². The Balaban J connectivity index is 1.58. The maximum Gasteiger partial charge on any atom is 0.234 e. The Kier molecular flexibility index (Phi) is 8.38. The highest BCUT2D eigenvalue weighted by atomic mass is 35.5. The Morgan fingerprint density at radius 2 is 1.81 bits per heavy atom. The number of nitrogens with zero attached hydrogens (tertiary/aromatic N) is 3. The lowest BCUT2D eigenvalue weighted by molar-refractivity contribution is -0.116. The van der Waals surface area contributed by atoms with Crippen molar-refractivity contribution in [2.45, 2.75) is 25.0 Å². The number of ether oxygens (including phenoxy) is 1. The highest BCUT2D eigenvalue weighted by molar-refractivity contribution is 7.99. The van der Waals surface area contributed by atoms with Crippen molar-refractivity contribution in [3.05, 3.63) is 58.3 Å². The molecule has 0 saturated carbocycles. The van der Waals surface area contributed by atoms with Crippen molar-refractivity contribution in [3.63, 3.8) is 0 Å². The van der Waals surface area contributed by atoms with Gasteiger partial charge in [-0.3, -0.25) is 9.59 Å². The number of halogens is 2. The van der Waals surface area contributed by atoms with Gasteiger partial charge in [-0.25, -0.2) is 0 Å². The lowest BCUT2D eigenvalue weighted by Gasteiger charge is -2.10. The summed E-state index contributed by atoms with van der Waals surface area (Å²) in [5, 5.41) is 15.0. The Labute approximate surface area is 199 Å². The molecule has 2 amide bonds. The van der Waals surface area contributed by atoms with Gasteiger partial charge in [0.2, 0.25) is 11.8 Å². The van der Waals surface area contributed by atoms with Gasteiger partial charge in [0.05, 0.1) is 35.0 Å². The smallest absolute Gasteiger partial charge is 0.234 e. The van der Waals surface area contributed by atoms with E-state index in [4.69, 9.17) is 27.9 Å². The van der Waals surface area contributed by atoms with E-state index < -0.39 is 0 Å². The summed E-state index contributed by atoms with van der Waals surface area (Å²) in [6.07, 6.45) is 0.00227. The predicted octanol–water partition coefficient (Wildman–Crippen LogP) is 4.53. The summed E-state index contributed by atoms with van der Waals surface area (Å²) in [6.45, 7) is 2.47. The molecule has 0 spiro atoms. The molecule has 0 saturated heterocycles. The third-order valence-electron chi connectivity index (χ3n) is 4.36. The summed E-state index contributed by atoms with van der Waals surface area (Å²) in [7, 11) is 1.58. The van der Waals surface area contributed by atoms with Crippen molar-refractivity contribution in [2.24, 2.45) is 0 Å². The van der Waals surface area contributed by atoms with Gasteiger partial charge in [0.15, 0.2) is 5.16 Å². The molecule has 1 heterocycles. The van der Waals surface area contributed by atoms with Gasteiger partial charge in [0.1, 0.15) is 11.6 Å². The molecule has 0 bridgehead atoms. The molecule has 0 aliphatic carbocycles. The van der Waals surface area contributed by atoms with E-state index in [1.807, 2.05) is 6.92 Å². The van der Waals surface area contributed by atoms with E-state index in [-0.39, 0.29) is 29.0 Å². The number of hydrogen-bond donors (Lipinski definition) is 2. The number of hydrogen-bond acceptors (Lipinski definition) is 6. The van der Waals surface area contributed by atoms with Gasteiger partial charge in [-0.05, 0) is 43.3 Å². The molecular formula is C21H21Cl2N5O3S. The number of carbonyl (C=O) groups is 2. The van der Waals surface area contributed by atoms with Crippen LogP contribution in [0.15, 0.2) is 47.6 Å². The molecule has 0 fully saturated rings. The highest BCUT2D eigenvalue weighted by Gasteiger charge is 2.17. The maximum absolute atomic E-state index is 12.5. The fraction of sp³-hybridized carbons (Fsp3) is 0.238. The number of anilines is 2. The molecule has 2 aromatic carbocycles. The van der Waals surface area contributed by atoms with E-state index in [9.17, 15) is 9.59 Å². The van der Waals surface area contributed by atoms with E-state index >= 15 is 0 Å². The van der Waals surface area contributed by atoms with E-state index in [0.717, 1.165) is 0 Å². The second-order valence-corrected chi connectivity index (χ2v) is 8.26. The van der Waals surface area contributed by atoms with Gasteiger partial charge < -0.3 is 19.9 Å². The monoisotopic (exact) mass is 493 g/mol. The second-order valence-electron chi connectivity index (χ2n) is 6.53. The molecule has 1 aromatic heterocycles. The molecular weight excluding hydrogens is 473 g/mol. The zero-order chi connectivity index (χ0) is 23.1. The van der Waals surface area contributed by atoms with Gasteiger partial charge in [-0.1, -0.05) is 41.0 Å². The first-order valence-electron chi connectivity index (χ1n) is 9.64. The van der Waals surface area contributed by atoms with Crippen LogP contribution in [0.5, 0.6) is 5.75 Å². The number of rotatable bonds is 9. The molecule has 8 nitrogen and oxygen atoms in total. The zero-order valence-electron chi connectivity index (χ0n) is 17.4. The number of nitrogens with one attached hydrogen (secondary N) is 2.